The van der Waals surface area contributed by atoms with Gasteiger partial charge in [-0.25, -0.2) is 24.0 Å². The molecule has 0 aliphatic carbocycles. The number of nitrogens with zero attached hydrogens (tertiary/aromatic N) is 6. The zero-order chi connectivity index (χ0) is 51.8. The van der Waals surface area contributed by atoms with Crippen molar-refractivity contribution in [1.82, 2.24) is 40.1 Å². The molecule has 3 aromatic heterocycles. The molecule has 10 rings (SSSR count). The molecule has 6 aliphatic heterocycles. The topological polar surface area (TPSA) is 171 Å². The molecule has 74 heavy (non-hydrogen) atoms. The summed E-state index contributed by atoms with van der Waals surface area (Å²) in [5.41, 5.74) is 9.63. The Morgan fingerprint density at radius 3 is 2.69 bits per heavy atom. The first kappa shape index (κ1) is 52.8. The van der Waals surface area contributed by atoms with E-state index >= 15 is 0 Å². The summed E-state index contributed by atoms with van der Waals surface area (Å²) in [6.07, 6.45) is 1.29. The van der Waals surface area contributed by atoms with Gasteiger partial charge in [-0.1, -0.05) is 19.9 Å². The summed E-state index contributed by atoms with van der Waals surface area (Å²) in [6, 6.07) is 5.87. The van der Waals surface area contributed by atoms with E-state index in [2.05, 4.69) is 52.3 Å². The lowest BCUT2D eigenvalue weighted by atomic mass is 9.82. The maximum absolute atomic E-state index is 14.9. The largest absolute Gasteiger partial charge is 0.464 e. The number of esters is 1. The zero-order valence-electron chi connectivity index (χ0n) is 43.5. The number of fused-ring (bicyclic) bond motifs is 8. The number of benzene rings is 1. The van der Waals surface area contributed by atoms with Crippen molar-refractivity contribution in [2.75, 3.05) is 79.5 Å². The second-order valence-electron chi connectivity index (χ2n) is 21.9. The molecule has 8 atom stereocenters. The second kappa shape index (κ2) is 22.5. The Morgan fingerprint density at radius 1 is 1.05 bits per heavy atom. The monoisotopic (exact) mass is 1050 g/mol. The number of alkyl halides is 2. The van der Waals surface area contributed by atoms with Crippen LogP contribution in [0.25, 0.3) is 33.4 Å². The number of amides is 3. The maximum Gasteiger partial charge on any atom is 0.324 e. The Morgan fingerprint density at radius 2 is 1.89 bits per heavy atom. The van der Waals surface area contributed by atoms with Gasteiger partial charge in [0.2, 0.25) is 0 Å². The number of hydrazine groups is 1. The molecule has 2 N–H and O–H groups in total. The molecular weight excluding hydrogens is 975 g/mol. The minimum absolute atomic E-state index is 0.00363. The van der Waals surface area contributed by atoms with Crippen molar-refractivity contribution < 1.29 is 51.6 Å². The predicted molar refractivity (Wildman–Crippen MR) is 274 cm³/mol. The SMILES string of the molecule is CO[C@@H](C)c1ncc([C@@H]2CCN3CCOC[C@@H]3C2)cc1-c1c2c3cc(ccc3n1CCOC(C)C)-c1csc(n1)[C@@H](OCC(F)F)[C@H](NC(=O)N1C[C@@H]3COCC[C@@H]31)C(=O)N1CCC[C@H](N1)C(=O)OCC(C)(C)C2. The van der Waals surface area contributed by atoms with Crippen LogP contribution in [0.15, 0.2) is 35.8 Å². The van der Waals surface area contributed by atoms with Crippen molar-refractivity contribution in [2.45, 2.75) is 135 Å². The smallest absolute Gasteiger partial charge is 0.324 e. The summed E-state index contributed by atoms with van der Waals surface area (Å²) in [6.45, 7) is 15.3. The van der Waals surface area contributed by atoms with Gasteiger partial charge in [0, 0.05) is 96.9 Å². The van der Waals surface area contributed by atoms with E-state index in [-0.39, 0.29) is 48.2 Å². The lowest BCUT2D eigenvalue weighted by Gasteiger charge is -2.50. The van der Waals surface area contributed by atoms with Crippen molar-refractivity contribution in [3.8, 4) is 22.5 Å². The van der Waals surface area contributed by atoms with Gasteiger partial charge in [0.15, 0.2) is 0 Å². The van der Waals surface area contributed by atoms with Crippen molar-refractivity contribution in [2.24, 2.45) is 11.3 Å². The molecule has 20 heteroatoms. The molecule has 4 aromatic rings. The number of pyridine rings is 1. The number of nitrogens with one attached hydrogen (secondary N) is 2. The van der Waals surface area contributed by atoms with E-state index in [1.165, 1.54) is 16.3 Å². The summed E-state index contributed by atoms with van der Waals surface area (Å²) >= 11 is 1.17. The minimum atomic E-state index is -2.88. The van der Waals surface area contributed by atoms with E-state index in [4.69, 9.17) is 38.4 Å². The molecule has 0 radical (unpaired) electrons. The number of piperidine rings is 1. The fourth-order valence-corrected chi connectivity index (χ4v) is 12.8. The van der Waals surface area contributed by atoms with Crippen LogP contribution in [-0.4, -0.2) is 163 Å². The van der Waals surface area contributed by atoms with E-state index in [1.807, 2.05) is 38.4 Å². The van der Waals surface area contributed by atoms with Gasteiger partial charge in [-0.05, 0) is 101 Å². The van der Waals surface area contributed by atoms with Gasteiger partial charge < -0.3 is 43.2 Å². The van der Waals surface area contributed by atoms with Crippen LogP contribution in [-0.2, 0) is 51.0 Å². The summed E-state index contributed by atoms with van der Waals surface area (Å²) in [4.78, 5) is 57.8. The van der Waals surface area contributed by atoms with Crippen molar-refractivity contribution in [1.29, 1.82) is 0 Å². The molecule has 9 heterocycles. The Kier molecular flexibility index (Phi) is 16.0. The molecule has 17 nitrogen and oxygen atoms in total. The molecule has 0 spiro atoms. The highest BCUT2D eigenvalue weighted by molar-refractivity contribution is 7.10. The third-order valence-electron chi connectivity index (χ3n) is 15.8. The zero-order valence-corrected chi connectivity index (χ0v) is 44.3. The van der Waals surface area contributed by atoms with Gasteiger partial charge in [-0.3, -0.25) is 24.5 Å². The number of morpholine rings is 1. The Balaban J connectivity index is 1.12. The van der Waals surface area contributed by atoms with Gasteiger partial charge >= 0.3 is 12.0 Å². The Hall–Kier alpha value is -4.67. The number of hydrogen-bond donors (Lipinski definition) is 2. The summed E-state index contributed by atoms with van der Waals surface area (Å²) in [5.74, 6) is -0.739. The number of halogens is 2. The number of methoxy groups -OCH3 is 1. The van der Waals surface area contributed by atoms with Gasteiger partial charge in [-0.2, -0.15) is 0 Å². The van der Waals surface area contributed by atoms with Crippen LogP contribution in [0.5, 0.6) is 0 Å². The van der Waals surface area contributed by atoms with Crippen LogP contribution in [0.1, 0.15) is 107 Å². The molecular formula is C54H72F2N8O9S. The van der Waals surface area contributed by atoms with E-state index < -0.39 is 54.5 Å². The number of cyclic esters (lactones) is 1. The van der Waals surface area contributed by atoms with Gasteiger partial charge in [0.25, 0.3) is 12.3 Å². The van der Waals surface area contributed by atoms with Crippen molar-refractivity contribution >= 4 is 40.1 Å². The quantitative estimate of drug-likeness (QED) is 0.136. The third-order valence-corrected chi connectivity index (χ3v) is 16.8. The number of urea groups is 1. The molecule has 0 saturated carbocycles. The second-order valence-corrected chi connectivity index (χ2v) is 22.8. The average Bonchev–Trinajstić information content (AvgIpc) is 3.99. The summed E-state index contributed by atoms with van der Waals surface area (Å²) in [5, 5.41) is 7.21. The molecule has 402 valence electrons. The fraction of sp³-hybridized carbons (Fsp3) is 0.648. The van der Waals surface area contributed by atoms with Gasteiger partial charge in [-0.15, -0.1) is 11.3 Å². The van der Waals surface area contributed by atoms with Crippen LogP contribution >= 0.6 is 11.3 Å². The highest BCUT2D eigenvalue weighted by Crippen LogP contribution is 2.44. The molecule has 1 aromatic carbocycles. The van der Waals surface area contributed by atoms with E-state index in [1.54, 1.807) is 12.0 Å². The maximum atomic E-state index is 14.9. The van der Waals surface area contributed by atoms with Crippen molar-refractivity contribution in [3.05, 3.63) is 57.7 Å². The first-order valence-corrected chi connectivity index (χ1v) is 27.4. The fourth-order valence-electron chi connectivity index (χ4n) is 11.8. The van der Waals surface area contributed by atoms with E-state index in [0.29, 0.717) is 70.3 Å². The Labute approximate surface area is 435 Å². The lowest BCUT2D eigenvalue weighted by molar-refractivity contribution is -0.156. The van der Waals surface area contributed by atoms with E-state index in [0.717, 1.165) is 83.7 Å². The van der Waals surface area contributed by atoms with Crippen LogP contribution in [0, 0.1) is 11.3 Å². The molecule has 6 bridgehead atoms. The number of hydrogen-bond acceptors (Lipinski definition) is 14. The van der Waals surface area contributed by atoms with E-state index in [9.17, 15) is 23.2 Å². The standard InChI is InChI=1S/C54H72F2N8O9S/c1-31(2)71-19-16-62-44-10-9-34-21-38(44)40(48(62)39-22-35(24-57-46(39)32(3)68-6)33-11-14-61-15-18-70-27-37(61)20-33)23-54(4,5)30-73-52(66)41-8-7-13-64(60-41)51(65)47(49(72-28-45(55)56)50-58-42(34)29-74-50)59-53(67)63-25-36-26-69-17-12-43(36)63/h9-10,21-22,24,29,31-33,36-37,41,43,45,47,49,60H,7-8,11-20,23,25-28,30H2,1-6H3,(H,59,67)/t32-,33+,36+,37-,41-,43-,47-,49-/m0/s1. The predicted octanol–water partition coefficient (Wildman–Crippen LogP) is 7.28. The highest BCUT2D eigenvalue weighted by atomic mass is 32.1. The van der Waals surface area contributed by atoms with Crippen molar-refractivity contribution in [3.63, 3.8) is 0 Å². The lowest BCUT2D eigenvalue weighted by Crippen LogP contribution is -2.67. The van der Waals surface area contributed by atoms with Crippen LogP contribution in [0.2, 0.25) is 0 Å². The first-order chi connectivity index (χ1) is 35.7. The number of likely N-dealkylation sites (tertiary alicyclic amines) is 1. The summed E-state index contributed by atoms with van der Waals surface area (Å²) < 4.78 is 66.8. The van der Waals surface area contributed by atoms with Gasteiger partial charge in [0.1, 0.15) is 29.8 Å². The molecule has 0 unspecified atom stereocenters. The van der Waals surface area contributed by atoms with Crippen LogP contribution < -0.4 is 10.7 Å². The number of carbonyl (C=O) groups excluding carboxylic acids is 3. The molecule has 5 fully saturated rings. The number of carbonyl (C=O) groups is 3. The number of thiazole rings is 1. The third kappa shape index (κ3) is 11.1. The van der Waals surface area contributed by atoms with Crippen LogP contribution in [0.4, 0.5) is 13.6 Å². The van der Waals surface area contributed by atoms with Gasteiger partial charge in [0.05, 0.1) is 62.3 Å². The minimum Gasteiger partial charge on any atom is -0.464 e. The highest BCUT2D eigenvalue weighted by Gasteiger charge is 2.47. The summed E-state index contributed by atoms with van der Waals surface area (Å²) in [7, 11) is 1.70. The Bertz CT molecular complexity index is 2670. The number of ether oxygens (including phenoxy) is 6. The molecule has 6 aliphatic rings. The molecule has 3 amide bonds. The van der Waals surface area contributed by atoms with Crippen LogP contribution in [0.3, 0.4) is 0 Å². The normalized spacial score (nSPS) is 27.1. The number of aromatic nitrogens is 3. The average molecular weight is 1050 g/mol. The molecule has 5 saturated heterocycles. The first-order valence-electron chi connectivity index (χ1n) is 26.5. The number of rotatable bonds is 12.